The minimum absolute atomic E-state index is 0.422. The van der Waals surface area contributed by atoms with Crippen LogP contribution in [0.3, 0.4) is 0 Å². The van der Waals surface area contributed by atoms with Crippen molar-refractivity contribution < 1.29 is 0 Å². The molecule has 7 heteroatoms. The first-order valence-electron chi connectivity index (χ1n) is 7.80. The molecular formula is C16H21ClN6. The summed E-state index contributed by atoms with van der Waals surface area (Å²) < 4.78 is 0. The topological polar surface area (TPSA) is 58.0 Å². The normalized spacial score (nSPS) is 15.7. The molecule has 0 bridgehead atoms. The lowest BCUT2D eigenvalue weighted by Gasteiger charge is -2.37. The molecule has 0 amide bonds. The second kappa shape index (κ2) is 6.66. The molecule has 0 aromatic carbocycles. The van der Waals surface area contributed by atoms with Crippen LogP contribution in [0.5, 0.6) is 0 Å². The number of piperidine rings is 1. The van der Waals surface area contributed by atoms with Gasteiger partial charge in [0.25, 0.3) is 0 Å². The molecule has 0 unspecified atom stereocenters. The average molecular weight is 333 g/mol. The van der Waals surface area contributed by atoms with Crippen LogP contribution >= 0.6 is 11.6 Å². The maximum atomic E-state index is 5.85. The molecule has 1 aliphatic heterocycles. The highest BCUT2D eigenvalue weighted by atomic mass is 35.5. The molecule has 1 fully saturated rings. The number of hydrogen-bond acceptors (Lipinski definition) is 6. The SMILES string of the molecule is Cc1cnc(C)c(N2CCC(N(C)c3ncc(Cl)cn3)CC2)n1. The van der Waals surface area contributed by atoms with E-state index in [0.717, 1.165) is 49.1 Å². The highest BCUT2D eigenvalue weighted by Gasteiger charge is 2.25. The first kappa shape index (κ1) is 15.9. The van der Waals surface area contributed by atoms with E-state index in [1.807, 2.05) is 27.1 Å². The predicted molar refractivity (Wildman–Crippen MR) is 92.2 cm³/mol. The van der Waals surface area contributed by atoms with Gasteiger partial charge in [-0.2, -0.15) is 0 Å². The summed E-state index contributed by atoms with van der Waals surface area (Å²) >= 11 is 5.85. The van der Waals surface area contributed by atoms with Gasteiger partial charge in [0.2, 0.25) is 5.95 Å². The summed E-state index contributed by atoms with van der Waals surface area (Å²) in [5.74, 6) is 1.73. The summed E-state index contributed by atoms with van der Waals surface area (Å²) in [6.07, 6.45) is 7.18. The van der Waals surface area contributed by atoms with E-state index in [0.29, 0.717) is 11.1 Å². The number of halogens is 1. The minimum Gasteiger partial charge on any atom is -0.355 e. The molecule has 1 saturated heterocycles. The van der Waals surface area contributed by atoms with Crippen molar-refractivity contribution in [1.82, 2.24) is 19.9 Å². The summed E-state index contributed by atoms with van der Waals surface area (Å²) in [5, 5.41) is 0.561. The lowest BCUT2D eigenvalue weighted by Crippen LogP contribution is -2.44. The minimum atomic E-state index is 0.422. The van der Waals surface area contributed by atoms with E-state index >= 15 is 0 Å². The van der Waals surface area contributed by atoms with Crippen molar-refractivity contribution >= 4 is 23.4 Å². The van der Waals surface area contributed by atoms with E-state index in [1.165, 1.54) is 0 Å². The summed E-state index contributed by atoms with van der Waals surface area (Å²) in [4.78, 5) is 22.1. The van der Waals surface area contributed by atoms with Crippen LogP contribution in [-0.2, 0) is 0 Å². The van der Waals surface area contributed by atoms with Crippen LogP contribution in [-0.4, -0.2) is 46.1 Å². The lowest BCUT2D eigenvalue weighted by molar-refractivity contribution is 0.474. The number of aromatic nitrogens is 4. The van der Waals surface area contributed by atoms with E-state index in [-0.39, 0.29) is 0 Å². The van der Waals surface area contributed by atoms with Gasteiger partial charge < -0.3 is 9.80 Å². The molecule has 3 rings (SSSR count). The molecule has 6 nitrogen and oxygen atoms in total. The quantitative estimate of drug-likeness (QED) is 0.861. The van der Waals surface area contributed by atoms with Gasteiger partial charge in [-0.25, -0.2) is 15.0 Å². The third-order valence-electron chi connectivity index (χ3n) is 4.28. The van der Waals surface area contributed by atoms with Crippen molar-refractivity contribution in [3.05, 3.63) is 35.0 Å². The van der Waals surface area contributed by atoms with Crippen LogP contribution in [0.25, 0.3) is 0 Å². The molecule has 0 spiro atoms. The standard InChI is InChI=1S/C16H21ClN6/c1-11-8-18-12(2)15(21-11)23-6-4-14(5-7-23)22(3)16-19-9-13(17)10-20-16/h8-10,14H,4-7H2,1-3H3. The molecule has 0 N–H and O–H groups in total. The Morgan fingerprint density at radius 2 is 1.74 bits per heavy atom. The Hall–Kier alpha value is -1.95. The maximum absolute atomic E-state index is 5.85. The number of aryl methyl sites for hydroxylation is 2. The number of rotatable bonds is 3. The predicted octanol–water partition coefficient (Wildman–Crippen LogP) is 2.64. The highest BCUT2D eigenvalue weighted by molar-refractivity contribution is 6.30. The summed E-state index contributed by atoms with van der Waals surface area (Å²) in [6, 6.07) is 0.422. The Bertz CT molecular complexity index is 667. The fourth-order valence-electron chi connectivity index (χ4n) is 2.94. The van der Waals surface area contributed by atoms with E-state index in [9.17, 15) is 0 Å². The molecule has 2 aromatic rings. The van der Waals surface area contributed by atoms with Crippen LogP contribution in [0.15, 0.2) is 18.6 Å². The fraction of sp³-hybridized carbons (Fsp3) is 0.500. The van der Waals surface area contributed by atoms with E-state index in [2.05, 4.69) is 29.7 Å². The van der Waals surface area contributed by atoms with Crippen molar-refractivity contribution in [3.8, 4) is 0 Å². The van der Waals surface area contributed by atoms with E-state index in [1.54, 1.807) is 12.4 Å². The summed E-state index contributed by atoms with van der Waals surface area (Å²) in [7, 11) is 2.04. The summed E-state index contributed by atoms with van der Waals surface area (Å²) in [6.45, 7) is 5.92. The number of anilines is 2. The Morgan fingerprint density at radius 3 is 2.39 bits per heavy atom. The molecule has 0 saturated carbocycles. The van der Waals surface area contributed by atoms with Crippen LogP contribution < -0.4 is 9.80 Å². The van der Waals surface area contributed by atoms with Crippen LogP contribution in [0.2, 0.25) is 5.02 Å². The smallest absolute Gasteiger partial charge is 0.225 e. The van der Waals surface area contributed by atoms with Gasteiger partial charge in [-0.3, -0.25) is 4.98 Å². The molecule has 0 atom stereocenters. The van der Waals surface area contributed by atoms with E-state index in [4.69, 9.17) is 11.6 Å². The molecule has 122 valence electrons. The van der Waals surface area contributed by atoms with Crippen LogP contribution in [0.1, 0.15) is 24.2 Å². The molecule has 0 aliphatic carbocycles. The Balaban J connectivity index is 1.66. The summed E-state index contributed by atoms with van der Waals surface area (Å²) in [5.41, 5.74) is 1.95. The van der Waals surface area contributed by atoms with Gasteiger partial charge in [-0.05, 0) is 26.7 Å². The van der Waals surface area contributed by atoms with Crippen LogP contribution in [0, 0.1) is 13.8 Å². The Kier molecular flexibility index (Phi) is 4.61. The average Bonchev–Trinajstić information content (AvgIpc) is 2.57. The van der Waals surface area contributed by atoms with Gasteiger partial charge in [0.05, 0.1) is 28.8 Å². The molecule has 0 radical (unpaired) electrons. The largest absolute Gasteiger partial charge is 0.355 e. The fourth-order valence-corrected chi connectivity index (χ4v) is 3.04. The first-order chi connectivity index (χ1) is 11.0. The monoisotopic (exact) mass is 332 g/mol. The third-order valence-corrected chi connectivity index (χ3v) is 4.48. The van der Waals surface area contributed by atoms with E-state index < -0.39 is 0 Å². The lowest BCUT2D eigenvalue weighted by atomic mass is 10.0. The maximum Gasteiger partial charge on any atom is 0.225 e. The third kappa shape index (κ3) is 3.52. The highest BCUT2D eigenvalue weighted by Crippen LogP contribution is 2.24. The van der Waals surface area contributed by atoms with Crippen molar-refractivity contribution in [2.75, 3.05) is 29.9 Å². The van der Waals surface area contributed by atoms with Crippen LogP contribution in [0.4, 0.5) is 11.8 Å². The first-order valence-corrected chi connectivity index (χ1v) is 8.18. The molecular weight excluding hydrogens is 312 g/mol. The molecule has 2 aromatic heterocycles. The number of hydrogen-bond donors (Lipinski definition) is 0. The van der Waals surface area contributed by atoms with Gasteiger partial charge in [0, 0.05) is 32.4 Å². The zero-order valence-electron chi connectivity index (χ0n) is 13.7. The van der Waals surface area contributed by atoms with Gasteiger partial charge in [-0.1, -0.05) is 11.6 Å². The van der Waals surface area contributed by atoms with Crippen molar-refractivity contribution in [2.24, 2.45) is 0 Å². The second-order valence-electron chi connectivity index (χ2n) is 5.95. The Labute approximate surface area is 141 Å². The molecule has 1 aliphatic rings. The van der Waals surface area contributed by atoms with Crippen molar-refractivity contribution in [2.45, 2.75) is 32.7 Å². The van der Waals surface area contributed by atoms with Gasteiger partial charge in [0.15, 0.2) is 0 Å². The number of nitrogens with zero attached hydrogens (tertiary/aromatic N) is 6. The van der Waals surface area contributed by atoms with Gasteiger partial charge >= 0.3 is 0 Å². The van der Waals surface area contributed by atoms with Crippen molar-refractivity contribution in [3.63, 3.8) is 0 Å². The zero-order valence-corrected chi connectivity index (χ0v) is 14.5. The molecule has 3 heterocycles. The Morgan fingerprint density at radius 1 is 1.09 bits per heavy atom. The zero-order chi connectivity index (χ0) is 16.4. The van der Waals surface area contributed by atoms with Crippen molar-refractivity contribution in [1.29, 1.82) is 0 Å². The van der Waals surface area contributed by atoms with Gasteiger partial charge in [-0.15, -0.1) is 0 Å². The molecule has 23 heavy (non-hydrogen) atoms. The second-order valence-corrected chi connectivity index (χ2v) is 6.39. The van der Waals surface area contributed by atoms with Gasteiger partial charge in [0.1, 0.15) is 5.82 Å².